The lowest BCUT2D eigenvalue weighted by Crippen LogP contribution is -2.53. The SMILES string of the molecule is Cn1c(=O)n(C)c(=O)n(CC(=O)Nc2ccc(C(=O)N3CCOCC3)cc2)c1=O. The molecule has 2 amide bonds. The zero-order valence-electron chi connectivity index (χ0n) is 16.1. The summed E-state index contributed by atoms with van der Waals surface area (Å²) in [5.74, 6) is -0.735. The zero-order valence-corrected chi connectivity index (χ0v) is 16.1. The molecule has 0 atom stereocenters. The molecule has 1 N–H and O–H groups in total. The number of amides is 2. The first kappa shape index (κ1) is 20.3. The Hall–Kier alpha value is -3.47. The Morgan fingerprint density at radius 2 is 1.48 bits per heavy atom. The first-order valence-corrected chi connectivity index (χ1v) is 8.93. The van der Waals surface area contributed by atoms with E-state index in [2.05, 4.69) is 5.32 Å². The normalized spacial score (nSPS) is 13.9. The number of benzene rings is 1. The third-order valence-electron chi connectivity index (χ3n) is 4.63. The maximum absolute atomic E-state index is 12.4. The Kier molecular flexibility index (Phi) is 5.78. The van der Waals surface area contributed by atoms with Gasteiger partial charge in [0.15, 0.2) is 0 Å². The average molecular weight is 403 g/mol. The van der Waals surface area contributed by atoms with E-state index < -0.39 is 29.5 Å². The fraction of sp³-hybridized carbons (Fsp3) is 0.389. The Morgan fingerprint density at radius 1 is 0.931 bits per heavy atom. The van der Waals surface area contributed by atoms with Crippen molar-refractivity contribution >= 4 is 17.5 Å². The Balaban J connectivity index is 1.71. The molecule has 0 saturated carbocycles. The van der Waals surface area contributed by atoms with Gasteiger partial charge in [0, 0.05) is 38.4 Å². The highest BCUT2D eigenvalue weighted by Crippen LogP contribution is 2.12. The minimum absolute atomic E-state index is 0.119. The van der Waals surface area contributed by atoms with Gasteiger partial charge in [-0.3, -0.25) is 9.59 Å². The summed E-state index contributed by atoms with van der Waals surface area (Å²) in [5.41, 5.74) is -1.63. The number of hydrogen-bond donors (Lipinski definition) is 1. The number of aromatic nitrogens is 3. The van der Waals surface area contributed by atoms with E-state index in [1.165, 1.54) is 14.1 Å². The molecule has 0 radical (unpaired) electrons. The van der Waals surface area contributed by atoms with Gasteiger partial charge in [-0.1, -0.05) is 0 Å². The number of morpholine rings is 1. The van der Waals surface area contributed by atoms with E-state index in [0.29, 0.717) is 42.1 Å². The molecule has 1 aliphatic heterocycles. The van der Waals surface area contributed by atoms with Gasteiger partial charge >= 0.3 is 17.1 Å². The van der Waals surface area contributed by atoms with E-state index in [9.17, 15) is 24.0 Å². The Morgan fingerprint density at radius 3 is 2.03 bits per heavy atom. The molecular formula is C18H21N5O6. The van der Waals surface area contributed by atoms with Gasteiger partial charge in [0.25, 0.3) is 5.91 Å². The van der Waals surface area contributed by atoms with Gasteiger partial charge in [-0.25, -0.2) is 28.1 Å². The van der Waals surface area contributed by atoms with Crippen LogP contribution in [0, 0.1) is 0 Å². The first-order chi connectivity index (χ1) is 13.8. The molecule has 0 unspecified atom stereocenters. The summed E-state index contributed by atoms with van der Waals surface area (Å²) >= 11 is 0. The van der Waals surface area contributed by atoms with E-state index in [-0.39, 0.29) is 5.91 Å². The second-order valence-electron chi connectivity index (χ2n) is 6.58. The van der Waals surface area contributed by atoms with Gasteiger partial charge in [0.1, 0.15) is 6.54 Å². The second-order valence-corrected chi connectivity index (χ2v) is 6.58. The fourth-order valence-corrected chi connectivity index (χ4v) is 2.96. The predicted molar refractivity (Wildman–Crippen MR) is 103 cm³/mol. The molecule has 154 valence electrons. The third kappa shape index (κ3) is 4.19. The number of ether oxygens (including phenoxy) is 1. The minimum Gasteiger partial charge on any atom is -0.378 e. The smallest absolute Gasteiger partial charge is 0.336 e. The highest BCUT2D eigenvalue weighted by atomic mass is 16.5. The molecule has 0 spiro atoms. The van der Waals surface area contributed by atoms with Gasteiger partial charge in [-0.05, 0) is 24.3 Å². The number of hydrogen-bond acceptors (Lipinski definition) is 6. The maximum atomic E-state index is 12.4. The summed E-state index contributed by atoms with van der Waals surface area (Å²) in [7, 11) is 2.45. The van der Waals surface area contributed by atoms with Crippen LogP contribution in [0.2, 0.25) is 0 Å². The molecule has 1 aliphatic rings. The molecule has 0 aliphatic carbocycles. The van der Waals surface area contributed by atoms with Crippen LogP contribution in [0.3, 0.4) is 0 Å². The number of anilines is 1. The molecule has 2 heterocycles. The zero-order chi connectivity index (χ0) is 21.1. The molecule has 1 fully saturated rings. The van der Waals surface area contributed by atoms with Crippen LogP contribution in [0.25, 0.3) is 0 Å². The number of nitrogens with zero attached hydrogens (tertiary/aromatic N) is 4. The number of rotatable bonds is 4. The highest BCUT2D eigenvalue weighted by Gasteiger charge is 2.18. The van der Waals surface area contributed by atoms with E-state index in [0.717, 1.165) is 9.13 Å². The summed E-state index contributed by atoms with van der Waals surface area (Å²) in [6.45, 7) is 1.52. The monoisotopic (exact) mass is 403 g/mol. The molecule has 1 aromatic carbocycles. The lowest BCUT2D eigenvalue weighted by molar-refractivity contribution is -0.116. The molecule has 11 heteroatoms. The largest absolute Gasteiger partial charge is 0.378 e. The predicted octanol–water partition coefficient (Wildman–Crippen LogP) is -1.64. The molecule has 11 nitrogen and oxygen atoms in total. The van der Waals surface area contributed by atoms with Crippen molar-refractivity contribution in [3.63, 3.8) is 0 Å². The number of nitrogens with one attached hydrogen (secondary N) is 1. The van der Waals surface area contributed by atoms with E-state index >= 15 is 0 Å². The van der Waals surface area contributed by atoms with Crippen molar-refractivity contribution in [2.45, 2.75) is 6.54 Å². The number of carbonyl (C=O) groups is 2. The van der Waals surface area contributed by atoms with E-state index in [1.54, 1.807) is 29.2 Å². The van der Waals surface area contributed by atoms with Crippen molar-refractivity contribution in [2.24, 2.45) is 14.1 Å². The van der Waals surface area contributed by atoms with Gasteiger partial charge in [0.05, 0.1) is 13.2 Å². The van der Waals surface area contributed by atoms with Crippen molar-refractivity contribution in [1.82, 2.24) is 18.6 Å². The van der Waals surface area contributed by atoms with Crippen LogP contribution >= 0.6 is 0 Å². The fourth-order valence-electron chi connectivity index (χ4n) is 2.96. The van der Waals surface area contributed by atoms with Crippen LogP contribution in [0.1, 0.15) is 10.4 Å². The molecule has 2 aromatic rings. The van der Waals surface area contributed by atoms with E-state index in [1.807, 2.05) is 0 Å². The molecule has 1 aromatic heterocycles. The number of carbonyl (C=O) groups excluding carboxylic acids is 2. The van der Waals surface area contributed by atoms with Crippen molar-refractivity contribution in [3.05, 3.63) is 61.3 Å². The summed E-state index contributed by atoms with van der Waals surface area (Å²) < 4.78 is 7.40. The molecule has 0 bridgehead atoms. The van der Waals surface area contributed by atoms with Crippen molar-refractivity contribution in [3.8, 4) is 0 Å². The van der Waals surface area contributed by atoms with Crippen LogP contribution in [0.5, 0.6) is 0 Å². The lowest BCUT2D eigenvalue weighted by atomic mass is 10.1. The topological polar surface area (TPSA) is 125 Å². The molecular weight excluding hydrogens is 382 g/mol. The van der Waals surface area contributed by atoms with Gasteiger partial charge in [-0.2, -0.15) is 0 Å². The summed E-state index contributed by atoms with van der Waals surface area (Å²) in [6.07, 6.45) is 0. The minimum atomic E-state index is -0.875. The molecule has 1 saturated heterocycles. The van der Waals surface area contributed by atoms with Crippen molar-refractivity contribution in [2.75, 3.05) is 31.6 Å². The lowest BCUT2D eigenvalue weighted by Gasteiger charge is -2.26. The second kappa shape index (κ2) is 8.27. The Bertz CT molecular complexity index is 1070. The standard InChI is InChI=1S/C18H21N5O6/c1-20-16(26)21(2)18(28)23(17(20)27)11-14(24)19-13-5-3-12(4-6-13)15(25)22-7-9-29-10-8-22/h3-6H,7-11H2,1-2H3,(H,19,24). The summed E-state index contributed by atoms with van der Waals surface area (Å²) in [4.78, 5) is 62.3. The van der Waals surface area contributed by atoms with Crippen LogP contribution in [0.4, 0.5) is 5.69 Å². The average Bonchev–Trinajstić information content (AvgIpc) is 2.74. The third-order valence-corrected chi connectivity index (χ3v) is 4.63. The summed E-state index contributed by atoms with van der Waals surface area (Å²) in [6, 6.07) is 6.30. The van der Waals surface area contributed by atoms with Crippen molar-refractivity contribution in [1.29, 1.82) is 0 Å². The summed E-state index contributed by atoms with van der Waals surface area (Å²) in [5, 5.41) is 2.56. The van der Waals surface area contributed by atoms with Gasteiger partial charge < -0.3 is 15.0 Å². The Labute approximate surface area is 164 Å². The van der Waals surface area contributed by atoms with Gasteiger partial charge in [-0.15, -0.1) is 0 Å². The quantitative estimate of drug-likeness (QED) is 0.653. The van der Waals surface area contributed by atoms with Crippen LogP contribution in [0.15, 0.2) is 38.6 Å². The van der Waals surface area contributed by atoms with Crippen LogP contribution in [-0.4, -0.2) is 56.7 Å². The van der Waals surface area contributed by atoms with Crippen molar-refractivity contribution < 1.29 is 14.3 Å². The van der Waals surface area contributed by atoms with Gasteiger partial charge in [0.2, 0.25) is 5.91 Å². The first-order valence-electron chi connectivity index (χ1n) is 8.93. The van der Waals surface area contributed by atoms with E-state index in [4.69, 9.17) is 4.74 Å². The molecule has 3 rings (SSSR count). The highest BCUT2D eigenvalue weighted by molar-refractivity contribution is 5.95. The van der Waals surface area contributed by atoms with Crippen LogP contribution in [-0.2, 0) is 30.2 Å². The van der Waals surface area contributed by atoms with Crippen LogP contribution < -0.4 is 22.4 Å². The molecule has 29 heavy (non-hydrogen) atoms. The maximum Gasteiger partial charge on any atom is 0.336 e.